The van der Waals surface area contributed by atoms with Gasteiger partial charge in [0.05, 0.1) is 12.5 Å². The van der Waals surface area contributed by atoms with Crippen molar-refractivity contribution in [2.75, 3.05) is 33.4 Å². The molecular weight excluding hydrogens is 264 g/mol. The molecule has 2 aliphatic rings. The zero-order valence-corrected chi connectivity index (χ0v) is 11.6. The van der Waals surface area contributed by atoms with Crippen molar-refractivity contribution in [2.24, 2.45) is 5.92 Å². The molecule has 0 aromatic carbocycles. The fraction of sp³-hybridized carbons (Fsp3) is 0.769. The second-order valence-electron chi connectivity index (χ2n) is 5.26. The molecule has 2 unspecified atom stereocenters. The lowest BCUT2D eigenvalue weighted by molar-refractivity contribution is -0.149. The van der Waals surface area contributed by atoms with Crippen molar-refractivity contribution in [2.45, 2.75) is 25.3 Å². The normalized spacial score (nSPS) is 26.4. The van der Waals surface area contributed by atoms with Crippen LogP contribution in [0.25, 0.3) is 0 Å². The number of carboxylic acids is 1. The number of aliphatic carboxylic acids is 1. The minimum atomic E-state index is -0.962. The van der Waals surface area contributed by atoms with E-state index in [1.165, 1.54) is 4.90 Å². The summed E-state index contributed by atoms with van der Waals surface area (Å²) in [5.41, 5.74) is 0. The smallest absolute Gasteiger partial charge is 0.326 e. The first-order chi connectivity index (χ1) is 9.54. The van der Waals surface area contributed by atoms with Crippen molar-refractivity contribution >= 4 is 17.8 Å². The molecule has 2 aliphatic heterocycles. The predicted octanol–water partition coefficient (Wildman–Crippen LogP) is -0.443. The molecule has 0 spiro atoms. The Morgan fingerprint density at radius 2 is 2.20 bits per heavy atom. The number of methoxy groups -OCH3 is 1. The molecule has 20 heavy (non-hydrogen) atoms. The van der Waals surface area contributed by atoms with Crippen molar-refractivity contribution in [1.29, 1.82) is 0 Å². The highest BCUT2D eigenvalue weighted by Gasteiger charge is 2.41. The van der Waals surface area contributed by atoms with Crippen LogP contribution in [0.4, 0.5) is 0 Å². The van der Waals surface area contributed by atoms with Crippen LogP contribution in [0.5, 0.6) is 0 Å². The van der Waals surface area contributed by atoms with Crippen LogP contribution in [0.15, 0.2) is 0 Å². The standard InChI is InChI=1S/C13H20N2O5/c1-20-6-5-14-8-9(7-11(14)16)12(17)15-4-2-3-10(15)13(18)19/h9-10H,2-8H2,1H3,(H,18,19). The van der Waals surface area contributed by atoms with Gasteiger partial charge in [0.1, 0.15) is 6.04 Å². The first kappa shape index (κ1) is 14.8. The zero-order valence-electron chi connectivity index (χ0n) is 11.6. The first-order valence-electron chi connectivity index (χ1n) is 6.84. The van der Waals surface area contributed by atoms with Crippen LogP contribution in [0, 0.1) is 5.92 Å². The van der Waals surface area contributed by atoms with Gasteiger partial charge in [0.2, 0.25) is 11.8 Å². The average molecular weight is 284 g/mol. The minimum Gasteiger partial charge on any atom is -0.480 e. The SMILES string of the molecule is COCCN1CC(C(=O)N2CCCC2C(=O)O)CC1=O. The summed E-state index contributed by atoms with van der Waals surface area (Å²) in [6.45, 7) is 1.75. The van der Waals surface area contributed by atoms with E-state index >= 15 is 0 Å². The van der Waals surface area contributed by atoms with Gasteiger partial charge in [-0.3, -0.25) is 9.59 Å². The summed E-state index contributed by atoms with van der Waals surface area (Å²) in [7, 11) is 1.56. The summed E-state index contributed by atoms with van der Waals surface area (Å²) in [5, 5.41) is 9.11. The fourth-order valence-electron chi connectivity index (χ4n) is 2.88. The summed E-state index contributed by atoms with van der Waals surface area (Å²) in [4.78, 5) is 38.3. The topological polar surface area (TPSA) is 87.2 Å². The van der Waals surface area contributed by atoms with Gasteiger partial charge in [-0.1, -0.05) is 0 Å². The van der Waals surface area contributed by atoms with Gasteiger partial charge in [-0.25, -0.2) is 4.79 Å². The largest absolute Gasteiger partial charge is 0.480 e. The van der Waals surface area contributed by atoms with E-state index in [1.807, 2.05) is 0 Å². The van der Waals surface area contributed by atoms with Crippen LogP contribution in [0.1, 0.15) is 19.3 Å². The molecule has 7 nitrogen and oxygen atoms in total. The van der Waals surface area contributed by atoms with Crippen molar-refractivity contribution in [3.05, 3.63) is 0 Å². The predicted molar refractivity (Wildman–Crippen MR) is 68.9 cm³/mol. The van der Waals surface area contributed by atoms with Gasteiger partial charge < -0.3 is 19.6 Å². The summed E-state index contributed by atoms with van der Waals surface area (Å²) >= 11 is 0. The van der Waals surface area contributed by atoms with Crippen molar-refractivity contribution in [1.82, 2.24) is 9.80 Å². The maximum Gasteiger partial charge on any atom is 0.326 e. The van der Waals surface area contributed by atoms with Crippen LogP contribution in [-0.4, -0.2) is 72.1 Å². The third-order valence-electron chi connectivity index (χ3n) is 3.95. The van der Waals surface area contributed by atoms with E-state index in [0.717, 1.165) is 0 Å². The van der Waals surface area contributed by atoms with Crippen molar-refractivity contribution in [3.8, 4) is 0 Å². The number of amides is 2. The fourth-order valence-corrected chi connectivity index (χ4v) is 2.88. The van der Waals surface area contributed by atoms with Gasteiger partial charge in [-0.2, -0.15) is 0 Å². The summed E-state index contributed by atoms with van der Waals surface area (Å²) in [5.74, 6) is -1.65. The number of likely N-dealkylation sites (tertiary alicyclic amines) is 2. The van der Waals surface area contributed by atoms with E-state index in [9.17, 15) is 14.4 Å². The summed E-state index contributed by atoms with van der Waals surface area (Å²) in [6, 6.07) is -0.731. The number of hydrogen-bond donors (Lipinski definition) is 1. The molecule has 2 amide bonds. The Hall–Kier alpha value is -1.63. The van der Waals surface area contributed by atoms with Crippen LogP contribution in [0.3, 0.4) is 0 Å². The van der Waals surface area contributed by atoms with Gasteiger partial charge in [0.15, 0.2) is 0 Å². The lowest BCUT2D eigenvalue weighted by Gasteiger charge is -2.24. The molecular formula is C13H20N2O5. The highest BCUT2D eigenvalue weighted by molar-refractivity contribution is 5.91. The second kappa shape index (κ2) is 6.21. The number of rotatable bonds is 5. The number of carbonyl (C=O) groups is 3. The molecule has 112 valence electrons. The Morgan fingerprint density at radius 1 is 1.45 bits per heavy atom. The second-order valence-corrected chi connectivity index (χ2v) is 5.26. The van der Waals surface area contributed by atoms with Crippen LogP contribution in [0.2, 0.25) is 0 Å². The van der Waals surface area contributed by atoms with E-state index in [1.54, 1.807) is 12.0 Å². The molecule has 1 N–H and O–H groups in total. The van der Waals surface area contributed by atoms with Gasteiger partial charge >= 0.3 is 5.97 Å². The van der Waals surface area contributed by atoms with Gasteiger partial charge in [-0.05, 0) is 12.8 Å². The van der Waals surface area contributed by atoms with Crippen LogP contribution < -0.4 is 0 Å². The number of carboxylic acid groups (broad SMARTS) is 1. The number of carbonyl (C=O) groups excluding carboxylic acids is 2. The highest BCUT2D eigenvalue weighted by Crippen LogP contribution is 2.25. The molecule has 0 radical (unpaired) electrons. The third kappa shape index (κ3) is 2.92. The van der Waals surface area contributed by atoms with E-state index in [0.29, 0.717) is 39.1 Å². The Balaban J connectivity index is 1.96. The third-order valence-corrected chi connectivity index (χ3v) is 3.95. The molecule has 2 saturated heterocycles. The maximum atomic E-state index is 12.4. The van der Waals surface area contributed by atoms with Crippen LogP contribution >= 0.6 is 0 Å². The zero-order chi connectivity index (χ0) is 14.7. The molecule has 0 saturated carbocycles. The van der Waals surface area contributed by atoms with E-state index in [4.69, 9.17) is 9.84 Å². The van der Waals surface area contributed by atoms with E-state index in [2.05, 4.69) is 0 Å². The number of nitrogens with zero attached hydrogens (tertiary/aromatic N) is 2. The molecule has 2 rings (SSSR count). The van der Waals surface area contributed by atoms with Crippen molar-refractivity contribution in [3.63, 3.8) is 0 Å². The summed E-state index contributed by atoms with van der Waals surface area (Å²) in [6.07, 6.45) is 1.37. The van der Waals surface area contributed by atoms with E-state index in [-0.39, 0.29) is 18.2 Å². The Morgan fingerprint density at radius 3 is 2.85 bits per heavy atom. The highest BCUT2D eigenvalue weighted by atomic mass is 16.5. The molecule has 0 aromatic heterocycles. The Kier molecular flexibility index (Phi) is 4.59. The molecule has 2 heterocycles. The van der Waals surface area contributed by atoms with Gasteiger partial charge in [0.25, 0.3) is 0 Å². The molecule has 2 atom stereocenters. The Labute approximate surface area is 117 Å². The maximum absolute atomic E-state index is 12.4. The van der Waals surface area contributed by atoms with Crippen LogP contribution in [-0.2, 0) is 19.1 Å². The molecule has 0 aliphatic carbocycles. The quantitative estimate of drug-likeness (QED) is 0.739. The first-order valence-corrected chi connectivity index (χ1v) is 6.84. The molecule has 0 bridgehead atoms. The average Bonchev–Trinajstić information content (AvgIpc) is 3.02. The van der Waals surface area contributed by atoms with E-state index < -0.39 is 17.9 Å². The monoisotopic (exact) mass is 284 g/mol. The molecule has 0 aromatic rings. The minimum absolute atomic E-state index is 0.0635. The van der Waals surface area contributed by atoms with Gasteiger partial charge in [0, 0.05) is 33.2 Å². The molecule has 2 fully saturated rings. The number of hydrogen-bond acceptors (Lipinski definition) is 4. The lowest BCUT2D eigenvalue weighted by atomic mass is 10.1. The van der Waals surface area contributed by atoms with Crippen molar-refractivity contribution < 1.29 is 24.2 Å². The molecule has 7 heteroatoms. The van der Waals surface area contributed by atoms with Gasteiger partial charge in [-0.15, -0.1) is 0 Å². The Bertz CT molecular complexity index is 412. The summed E-state index contributed by atoms with van der Waals surface area (Å²) < 4.78 is 4.93. The number of ether oxygens (including phenoxy) is 1. The lowest BCUT2D eigenvalue weighted by Crippen LogP contribution is -2.44.